The van der Waals surface area contributed by atoms with Crippen molar-refractivity contribution in [2.24, 2.45) is 5.92 Å². The van der Waals surface area contributed by atoms with E-state index in [1.165, 1.54) is 5.56 Å². The van der Waals surface area contributed by atoms with Crippen molar-refractivity contribution in [2.45, 2.75) is 64.2 Å². The predicted octanol–water partition coefficient (Wildman–Crippen LogP) is 6.27. The molecule has 5 rings (SSSR count). The Kier molecular flexibility index (Phi) is 10.6. The molecule has 0 aromatic heterocycles. The fourth-order valence-corrected chi connectivity index (χ4v) is 8.28. The minimum absolute atomic E-state index is 0.0868. The van der Waals surface area contributed by atoms with E-state index >= 15 is 0 Å². The first-order valence-electron chi connectivity index (χ1n) is 16.7. The number of carbonyl (C=O) groups is 1. The van der Waals surface area contributed by atoms with Crippen LogP contribution in [0.5, 0.6) is 0 Å². The van der Waals surface area contributed by atoms with Gasteiger partial charge in [0.2, 0.25) is 11.4 Å². The Morgan fingerprint density at radius 2 is 1.16 bits per heavy atom. The third kappa shape index (κ3) is 8.34. The zero-order valence-corrected chi connectivity index (χ0v) is 30.2. The highest BCUT2D eigenvalue weighted by Crippen LogP contribution is 2.41. The lowest BCUT2D eigenvalue weighted by Gasteiger charge is -2.16. The molecule has 1 aliphatic carbocycles. The number of hydrogen-bond acceptors (Lipinski definition) is 5. The number of para-hydroxylation sites is 2. The van der Waals surface area contributed by atoms with Crippen LogP contribution in [-0.4, -0.2) is 76.9 Å². The lowest BCUT2D eigenvalue weighted by molar-refractivity contribution is -0.438. The number of unbranched alkanes of at least 4 members (excludes halogenated alkanes) is 2. The van der Waals surface area contributed by atoms with Crippen LogP contribution in [0, 0.1) is 5.92 Å². The summed E-state index contributed by atoms with van der Waals surface area (Å²) in [6.45, 7) is 9.78. The highest BCUT2D eigenvalue weighted by molar-refractivity contribution is 7.86. The Morgan fingerprint density at radius 3 is 1.65 bits per heavy atom. The molecule has 1 unspecified atom stereocenters. The third-order valence-corrected chi connectivity index (χ3v) is 11.3. The monoisotopic (exact) mass is 706 g/mol. The number of benzene rings is 2. The van der Waals surface area contributed by atoms with Crippen LogP contribution in [0.25, 0.3) is 0 Å². The molecule has 0 amide bonds. The maximum absolute atomic E-state index is 13.1. The summed E-state index contributed by atoms with van der Waals surface area (Å²) in [4.78, 5) is 13.1. The summed E-state index contributed by atoms with van der Waals surface area (Å²) in [5.74, 6) is -0.779. The molecule has 2 aromatic rings. The maximum Gasteiger partial charge on any atom is 0.264 e. The number of carbonyl (C=O) groups excluding carboxylic acids is 1. The van der Waals surface area contributed by atoms with Crippen molar-refractivity contribution in [3.05, 3.63) is 108 Å². The fourth-order valence-electron chi connectivity index (χ4n) is 7.14. The van der Waals surface area contributed by atoms with Crippen molar-refractivity contribution in [3.8, 4) is 0 Å². The quantitative estimate of drug-likeness (QED) is 0.135. The first-order chi connectivity index (χ1) is 23.0. The number of nitrogens with zero attached hydrogens (tertiary/aromatic N) is 2. The van der Waals surface area contributed by atoms with Crippen molar-refractivity contribution in [2.75, 3.05) is 24.6 Å². The van der Waals surface area contributed by atoms with Crippen LogP contribution in [0.1, 0.15) is 64.5 Å². The van der Waals surface area contributed by atoms with Crippen LogP contribution in [0.2, 0.25) is 0 Å². The lowest BCUT2D eigenvalue weighted by atomic mass is 9.80. The van der Waals surface area contributed by atoms with E-state index in [1.54, 1.807) is 6.08 Å². The molecule has 0 bridgehead atoms. The number of ketones is 1. The molecule has 0 fully saturated rings. The van der Waals surface area contributed by atoms with Gasteiger partial charge >= 0.3 is 0 Å². The molecule has 0 saturated carbocycles. The molecule has 9 nitrogen and oxygen atoms in total. The average Bonchev–Trinajstić information content (AvgIpc) is 3.37. The lowest BCUT2D eigenvalue weighted by Crippen LogP contribution is -2.28. The van der Waals surface area contributed by atoms with E-state index < -0.39 is 20.2 Å². The standard InChI is InChI=1S/C38H44N2O7S2/c1-37(2)30-13-5-7-15-32(30)39(23-9-11-25-48(42,43)44)35(37)21-18-28-17-20-34(41)29(27-28)19-22-36-38(3,4)31-14-6-8-16-33(31)40(36)24-10-12-26-49(45,46)47/h5-8,13-22,27-28H,9-12,23-26H2,1-4H3/p+2/b21-18+,22-19+. The van der Waals surface area contributed by atoms with E-state index in [-0.39, 0.29) is 34.0 Å². The Labute approximate surface area is 290 Å². The van der Waals surface area contributed by atoms with E-state index in [1.807, 2.05) is 54.6 Å². The van der Waals surface area contributed by atoms with Gasteiger partial charge in [0.1, 0.15) is 13.1 Å². The zero-order valence-electron chi connectivity index (χ0n) is 28.5. The van der Waals surface area contributed by atoms with Crippen LogP contribution < -0.4 is 0 Å². The second-order valence-corrected chi connectivity index (χ2v) is 17.1. The average molecular weight is 707 g/mol. The SMILES string of the molecule is CC1(C)C(/C=C/C2=CC(/C=C/C3=[N+](CCCCS(=O)(=O)O)c4ccccc4C3(C)C)C=CC2=O)=[N+](CCCCS(=O)(=O)O)c2ccccc21. The van der Waals surface area contributed by atoms with Crippen molar-refractivity contribution in [1.29, 1.82) is 0 Å². The van der Waals surface area contributed by atoms with E-state index in [0.717, 1.165) is 28.4 Å². The normalized spacial score (nSPS) is 20.1. The summed E-state index contributed by atoms with van der Waals surface area (Å²) in [6, 6.07) is 16.3. The van der Waals surface area contributed by atoms with Gasteiger partial charge in [-0.05, 0) is 52.7 Å². The van der Waals surface area contributed by atoms with Gasteiger partial charge in [-0.15, -0.1) is 0 Å². The van der Waals surface area contributed by atoms with Gasteiger partial charge in [0.15, 0.2) is 17.2 Å². The van der Waals surface area contributed by atoms with Gasteiger partial charge in [-0.1, -0.05) is 54.6 Å². The van der Waals surface area contributed by atoms with Crippen molar-refractivity contribution < 1.29 is 39.9 Å². The van der Waals surface area contributed by atoms with Gasteiger partial charge < -0.3 is 0 Å². The summed E-state index contributed by atoms with van der Waals surface area (Å²) in [6.07, 6.45) is 15.3. The van der Waals surface area contributed by atoms with Gasteiger partial charge in [-0.2, -0.15) is 26.0 Å². The molecule has 2 heterocycles. The predicted molar refractivity (Wildman–Crippen MR) is 194 cm³/mol. The number of hydrogen-bond donors (Lipinski definition) is 2. The second-order valence-electron chi connectivity index (χ2n) is 14.0. The molecular formula is C38H46N2O7S2+2. The van der Waals surface area contributed by atoms with Gasteiger partial charge in [-0.25, -0.2) is 0 Å². The molecule has 2 N–H and O–H groups in total. The minimum atomic E-state index is -4.03. The van der Waals surface area contributed by atoms with Crippen molar-refractivity contribution >= 4 is 48.8 Å². The molecule has 3 aliphatic rings. The third-order valence-electron chi connectivity index (χ3n) is 9.69. The van der Waals surface area contributed by atoms with Crippen LogP contribution in [0.3, 0.4) is 0 Å². The van der Waals surface area contributed by atoms with Gasteiger partial charge in [0, 0.05) is 59.7 Å². The summed E-state index contributed by atoms with van der Waals surface area (Å²) in [5, 5.41) is 0. The molecule has 11 heteroatoms. The number of fused-ring (bicyclic) bond motifs is 2. The molecule has 1 atom stereocenters. The molecular weight excluding hydrogens is 661 g/mol. The van der Waals surface area contributed by atoms with Crippen molar-refractivity contribution in [1.82, 2.24) is 0 Å². The van der Waals surface area contributed by atoms with Crippen LogP contribution in [0.4, 0.5) is 11.4 Å². The second kappa shape index (κ2) is 14.2. The Hall–Kier alpha value is -3.77. The van der Waals surface area contributed by atoms with E-state index in [4.69, 9.17) is 0 Å². The fraction of sp³-hybridized carbons (Fsp3) is 0.395. The van der Waals surface area contributed by atoms with Crippen LogP contribution in [0.15, 0.2) is 96.6 Å². The summed E-state index contributed by atoms with van der Waals surface area (Å²) < 4.78 is 67.9. The van der Waals surface area contributed by atoms with Crippen LogP contribution in [-0.2, 0) is 35.9 Å². The van der Waals surface area contributed by atoms with E-state index in [9.17, 15) is 30.7 Å². The van der Waals surface area contributed by atoms with Crippen LogP contribution >= 0.6 is 0 Å². The smallest absolute Gasteiger partial charge is 0.264 e. The Morgan fingerprint density at radius 1 is 0.694 bits per heavy atom. The molecule has 0 saturated heterocycles. The highest BCUT2D eigenvalue weighted by atomic mass is 32.2. The summed E-state index contributed by atoms with van der Waals surface area (Å²) in [7, 11) is -8.04. The largest absolute Gasteiger partial charge is 0.289 e. The minimum Gasteiger partial charge on any atom is -0.289 e. The van der Waals surface area contributed by atoms with E-state index in [2.05, 4.69) is 67.2 Å². The molecule has 0 radical (unpaired) electrons. The Balaban J connectivity index is 1.41. The van der Waals surface area contributed by atoms with E-state index in [0.29, 0.717) is 44.3 Å². The van der Waals surface area contributed by atoms with Gasteiger partial charge in [-0.3, -0.25) is 13.9 Å². The molecule has 260 valence electrons. The Bertz CT molecular complexity index is 2050. The zero-order chi connectivity index (χ0) is 35.6. The summed E-state index contributed by atoms with van der Waals surface area (Å²) in [5.41, 5.74) is 6.43. The topological polar surface area (TPSA) is 132 Å². The maximum atomic E-state index is 13.1. The van der Waals surface area contributed by atoms with Crippen molar-refractivity contribution in [3.63, 3.8) is 0 Å². The molecule has 49 heavy (non-hydrogen) atoms. The number of allylic oxidation sites excluding steroid dienone is 8. The summed E-state index contributed by atoms with van der Waals surface area (Å²) >= 11 is 0. The highest BCUT2D eigenvalue weighted by Gasteiger charge is 2.45. The number of rotatable bonds is 14. The molecule has 0 spiro atoms. The molecule has 2 aliphatic heterocycles. The van der Waals surface area contributed by atoms with Gasteiger partial charge in [0.05, 0.1) is 22.3 Å². The van der Waals surface area contributed by atoms with Gasteiger partial charge in [0.25, 0.3) is 20.2 Å². The first kappa shape index (κ1) is 36.5. The molecule has 2 aromatic carbocycles. The first-order valence-corrected chi connectivity index (χ1v) is 19.9.